The maximum atomic E-state index is 12.2. The van der Waals surface area contributed by atoms with Crippen LogP contribution in [0.4, 0.5) is 5.69 Å². The molecule has 0 bridgehead atoms. The number of carbonyl (C=O) groups excluding carboxylic acids is 2. The molecule has 2 aromatic heterocycles. The van der Waals surface area contributed by atoms with Crippen molar-refractivity contribution in [3.8, 4) is 5.69 Å². The van der Waals surface area contributed by atoms with E-state index in [2.05, 4.69) is 20.8 Å². The Labute approximate surface area is 150 Å². The molecule has 2 heterocycles. The molecule has 0 aliphatic rings. The molecule has 0 saturated carbocycles. The van der Waals surface area contributed by atoms with E-state index >= 15 is 0 Å². The number of nitrogens with zero attached hydrogens (tertiary/aromatic N) is 4. The van der Waals surface area contributed by atoms with Crippen molar-refractivity contribution in [2.75, 3.05) is 11.9 Å². The number of rotatable bonds is 5. The van der Waals surface area contributed by atoms with Gasteiger partial charge in [0.15, 0.2) is 0 Å². The second kappa shape index (κ2) is 7.22. The highest BCUT2D eigenvalue weighted by Crippen LogP contribution is 2.17. The van der Waals surface area contributed by atoms with Crippen LogP contribution in [0, 0.1) is 13.8 Å². The number of anilines is 1. The van der Waals surface area contributed by atoms with Crippen LogP contribution in [0.1, 0.15) is 21.7 Å². The average molecular weight is 352 g/mol. The van der Waals surface area contributed by atoms with E-state index in [-0.39, 0.29) is 18.4 Å². The van der Waals surface area contributed by atoms with Crippen molar-refractivity contribution >= 4 is 17.5 Å². The number of hydrogen-bond donors (Lipinski definition) is 2. The molecule has 0 radical (unpaired) electrons. The summed E-state index contributed by atoms with van der Waals surface area (Å²) in [7, 11) is 1.81. The number of carbonyl (C=O) groups is 2. The molecule has 134 valence electrons. The summed E-state index contributed by atoms with van der Waals surface area (Å²) >= 11 is 0. The first kappa shape index (κ1) is 17.4. The Hall–Kier alpha value is -3.42. The lowest BCUT2D eigenvalue weighted by atomic mass is 10.2. The molecule has 2 N–H and O–H groups in total. The Balaban J connectivity index is 1.57. The zero-order valence-electron chi connectivity index (χ0n) is 14.9. The summed E-state index contributed by atoms with van der Waals surface area (Å²) in [5.41, 5.74) is 3.60. The van der Waals surface area contributed by atoms with E-state index in [1.54, 1.807) is 39.8 Å². The summed E-state index contributed by atoms with van der Waals surface area (Å²) in [6.45, 7) is 3.57. The van der Waals surface area contributed by atoms with Crippen LogP contribution in [0.3, 0.4) is 0 Å². The molecule has 3 aromatic rings. The minimum Gasteiger partial charge on any atom is -0.343 e. The molecular weight excluding hydrogens is 332 g/mol. The Bertz CT molecular complexity index is 926. The number of hydrogen-bond acceptors (Lipinski definition) is 4. The fourth-order valence-electron chi connectivity index (χ4n) is 2.59. The first-order valence-electron chi connectivity index (χ1n) is 8.14. The lowest BCUT2D eigenvalue weighted by Crippen LogP contribution is -2.33. The van der Waals surface area contributed by atoms with Gasteiger partial charge in [0, 0.05) is 25.0 Å². The van der Waals surface area contributed by atoms with Gasteiger partial charge in [0.05, 0.1) is 29.3 Å². The van der Waals surface area contributed by atoms with E-state index in [1.807, 2.05) is 33.2 Å². The van der Waals surface area contributed by atoms with E-state index in [1.165, 1.54) is 0 Å². The van der Waals surface area contributed by atoms with Gasteiger partial charge in [-0.1, -0.05) is 0 Å². The van der Waals surface area contributed by atoms with Crippen molar-refractivity contribution in [1.82, 2.24) is 24.9 Å². The van der Waals surface area contributed by atoms with E-state index < -0.39 is 0 Å². The maximum Gasteiger partial charge on any atom is 0.251 e. The van der Waals surface area contributed by atoms with Gasteiger partial charge < -0.3 is 10.6 Å². The van der Waals surface area contributed by atoms with Crippen molar-refractivity contribution in [1.29, 1.82) is 0 Å². The van der Waals surface area contributed by atoms with Gasteiger partial charge in [-0.05, 0) is 44.2 Å². The Morgan fingerprint density at radius 1 is 1.15 bits per heavy atom. The molecule has 2 amide bonds. The highest BCUT2D eigenvalue weighted by molar-refractivity contribution is 5.99. The largest absolute Gasteiger partial charge is 0.343 e. The Morgan fingerprint density at radius 3 is 2.46 bits per heavy atom. The van der Waals surface area contributed by atoms with Gasteiger partial charge >= 0.3 is 0 Å². The zero-order valence-corrected chi connectivity index (χ0v) is 14.9. The predicted molar refractivity (Wildman–Crippen MR) is 97.2 cm³/mol. The number of aryl methyl sites for hydroxylation is 2. The van der Waals surface area contributed by atoms with Gasteiger partial charge in [0.1, 0.15) is 0 Å². The van der Waals surface area contributed by atoms with Crippen LogP contribution in [0.2, 0.25) is 0 Å². The average Bonchev–Trinajstić information content (AvgIpc) is 3.25. The van der Waals surface area contributed by atoms with Crippen molar-refractivity contribution in [2.24, 2.45) is 7.05 Å². The lowest BCUT2D eigenvalue weighted by Gasteiger charge is -2.08. The monoisotopic (exact) mass is 352 g/mol. The first-order valence-corrected chi connectivity index (χ1v) is 8.14. The fourth-order valence-corrected chi connectivity index (χ4v) is 2.59. The van der Waals surface area contributed by atoms with Crippen molar-refractivity contribution < 1.29 is 9.59 Å². The Morgan fingerprint density at radius 2 is 1.88 bits per heavy atom. The van der Waals surface area contributed by atoms with Gasteiger partial charge in [-0.3, -0.25) is 14.3 Å². The van der Waals surface area contributed by atoms with Gasteiger partial charge in [0.25, 0.3) is 5.91 Å². The molecule has 0 fully saturated rings. The van der Waals surface area contributed by atoms with Crippen LogP contribution >= 0.6 is 0 Å². The minimum atomic E-state index is -0.313. The summed E-state index contributed by atoms with van der Waals surface area (Å²) < 4.78 is 3.40. The van der Waals surface area contributed by atoms with Gasteiger partial charge in [-0.2, -0.15) is 10.2 Å². The standard InChI is InChI=1S/C18H20N6O2/c1-12-17(13(2)23(3)22-12)21-16(25)11-19-18(26)14-5-7-15(8-6-14)24-10-4-9-20-24/h4-10H,11H2,1-3H3,(H,19,26)(H,21,25). The second-order valence-corrected chi connectivity index (χ2v) is 5.90. The van der Waals surface area contributed by atoms with Crippen molar-refractivity contribution in [2.45, 2.75) is 13.8 Å². The van der Waals surface area contributed by atoms with Crippen LogP contribution in [-0.2, 0) is 11.8 Å². The normalized spacial score (nSPS) is 10.6. The van der Waals surface area contributed by atoms with Gasteiger partial charge in [-0.15, -0.1) is 0 Å². The molecule has 3 rings (SSSR count). The molecule has 0 saturated heterocycles. The molecule has 26 heavy (non-hydrogen) atoms. The third-order valence-corrected chi connectivity index (χ3v) is 4.08. The van der Waals surface area contributed by atoms with Crippen molar-refractivity contribution in [3.63, 3.8) is 0 Å². The summed E-state index contributed by atoms with van der Waals surface area (Å²) in [6, 6.07) is 8.80. The van der Waals surface area contributed by atoms with E-state index in [4.69, 9.17) is 0 Å². The zero-order chi connectivity index (χ0) is 18.7. The fraction of sp³-hybridized carbons (Fsp3) is 0.222. The molecule has 1 aromatic carbocycles. The molecule has 0 unspecified atom stereocenters. The summed E-state index contributed by atoms with van der Waals surface area (Å²) in [5, 5.41) is 13.8. The van der Waals surface area contributed by atoms with Crippen LogP contribution < -0.4 is 10.6 Å². The second-order valence-electron chi connectivity index (χ2n) is 5.90. The molecule has 0 aliphatic carbocycles. The van der Waals surface area contributed by atoms with Crippen LogP contribution in [0.15, 0.2) is 42.7 Å². The number of nitrogens with one attached hydrogen (secondary N) is 2. The smallest absolute Gasteiger partial charge is 0.251 e. The maximum absolute atomic E-state index is 12.2. The lowest BCUT2D eigenvalue weighted by molar-refractivity contribution is -0.115. The predicted octanol–water partition coefficient (Wildman–Crippen LogP) is 1.59. The van der Waals surface area contributed by atoms with Crippen LogP contribution in [0.25, 0.3) is 5.69 Å². The summed E-state index contributed by atoms with van der Waals surface area (Å²) in [5.74, 6) is -0.613. The summed E-state index contributed by atoms with van der Waals surface area (Å²) in [4.78, 5) is 24.3. The molecular formula is C18H20N6O2. The van der Waals surface area contributed by atoms with E-state index in [9.17, 15) is 9.59 Å². The Kier molecular flexibility index (Phi) is 4.83. The van der Waals surface area contributed by atoms with Gasteiger partial charge in [-0.25, -0.2) is 4.68 Å². The summed E-state index contributed by atoms with van der Waals surface area (Å²) in [6.07, 6.45) is 3.51. The minimum absolute atomic E-state index is 0.118. The molecule has 0 spiro atoms. The number of aromatic nitrogens is 4. The first-order chi connectivity index (χ1) is 12.5. The van der Waals surface area contributed by atoms with Crippen LogP contribution in [0.5, 0.6) is 0 Å². The highest BCUT2D eigenvalue weighted by atomic mass is 16.2. The molecule has 0 atom stereocenters. The molecule has 8 heteroatoms. The topological polar surface area (TPSA) is 93.8 Å². The van der Waals surface area contributed by atoms with Crippen molar-refractivity contribution in [3.05, 3.63) is 59.7 Å². The SMILES string of the molecule is Cc1nn(C)c(C)c1NC(=O)CNC(=O)c1ccc(-n2cccn2)cc1. The van der Waals surface area contributed by atoms with E-state index in [0.29, 0.717) is 11.3 Å². The third kappa shape index (κ3) is 3.64. The molecule has 0 aliphatic heterocycles. The number of benzene rings is 1. The van der Waals surface area contributed by atoms with E-state index in [0.717, 1.165) is 17.1 Å². The third-order valence-electron chi connectivity index (χ3n) is 4.08. The highest BCUT2D eigenvalue weighted by Gasteiger charge is 2.13. The quantitative estimate of drug-likeness (QED) is 0.729. The van der Waals surface area contributed by atoms with Crippen LogP contribution in [-0.4, -0.2) is 37.9 Å². The number of amides is 2. The molecule has 8 nitrogen and oxygen atoms in total. The van der Waals surface area contributed by atoms with Gasteiger partial charge in [0.2, 0.25) is 5.91 Å².